The monoisotopic (exact) mass is 402 g/mol. The van der Waals surface area contributed by atoms with Crippen molar-refractivity contribution in [2.45, 2.75) is 12.8 Å². The summed E-state index contributed by atoms with van der Waals surface area (Å²) >= 11 is 0. The van der Waals surface area contributed by atoms with Gasteiger partial charge in [-0.1, -0.05) is 35.5 Å². The number of morpholine rings is 1. The highest BCUT2D eigenvalue weighted by molar-refractivity contribution is 5.91. The largest absolute Gasteiger partial charge is 0.378 e. The average Bonchev–Trinajstić information content (AvgIpc) is 3.45. The molecule has 1 aliphatic heterocycles. The molecule has 0 atom stereocenters. The van der Waals surface area contributed by atoms with Gasteiger partial charge in [0.2, 0.25) is 5.91 Å². The second-order valence-electron chi connectivity index (χ2n) is 7.33. The maximum atomic E-state index is 12.3. The minimum Gasteiger partial charge on any atom is -0.378 e. The number of carbonyl (C=O) groups excluding carboxylic acids is 1. The number of fused-ring (bicyclic) bond motifs is 1. The summed E-state index contributed by atoms with van der Waals surface area (Å²) in [5, 5.41) is 17.0. The number of hydrogen-bond acceptors (Lipinski definition) is 5. The van der Waals surface area contributed by atoms with E-state index < -0.39 is 0 Å². The van der Waals surface area contributed by atoms with E-state index in [1.165, 1.54) is 0 Å². The van der Waals surface area contributed by atoms with Gasteiger partial charge in [-0.05, 0) is 30.2 Å². The third kappa shape index (κ3) is 3.69. The molecule has 0 spiro atoms. The SMILES string of the molecule is O=C(CCc1ccc(-n2cc(-c3n[nH]c4ccccc34)nn2)cc1)N1CCOCC1. The third-order valence-electron chi connectivity index (χ3n) is 5.40. The van der Waals surface area contributed by atoms with Gasteiger partial charge in [-0.3, -0.25) is 9.89 Å². The van der Waals surface area contributed by atoms with Crippen LogP contribution in [0, 0.1) is 0 Å². The number of aromatic amines is 1. The second kappa shape index (κ2) is 8.08. The number of H-pyrrole nitrogens is 1. The standard InChI is InChI=1S/C22H22N6O2/c29-21(27-11-13-30-14-12-27)10-7-16-5-8-17(9-6-16)28-15-20(24-26-28)22-18-3-1-2-4-19(18)23-25-22/h1-6,8-9,15H,7,10-14H2,(H,23,25). The molecule has 5 rings (SSSR count). The van der Waals surface area contributed by atoms with Gasteiger partial charge in [0.25, 0.3) is 0 Å². The number of amides is 1. The van der Waals surface area contributed by atoms with Crippen LogP contribution in [0.1, 0.15) is 12.0 Å². The molecule has 1 amide bonds. The first-order valence-corrected chi connectivity index (χ1v) is 10.1. The number of carbonyl (C=O) groups is 1. The lowest BCUT2D eigenvalue weighted by molar-refractivity contribution is -0.135. The van der Waals surface area contributed by atoms with E-state index >= 15 is 0 Å². The van der Waals surface area contributed by atoms with Crippen molar-refractivity contribution in [1.82, 2.24) is 30.1 Å². The first kappa shape index (κ1) is 18.5. The van der Waals surface area contributed by atoms with Gasteiger partial charge in [0.1, 0.15) is 11.4 Å². The Hall–Kier alpha value is -3.52. The molecule has 0 aliphatic carbocycles. The molecule has 30 heavy (non-hydrogen) atoms. The molecule has 1 saturated heterocycles. The van der Waals surface area contributed by atoms with Crippen molar-refractivity contribution in [3.05, 3.63) is 60.3 Å². The second-order valence-corrected chi connectivity index (χ2v) is 7.33. The van der Waals surface area contributed by atoms with Crippen LogP contribution in [0.15, 0.2) is 54.7 Å². The number of aromatic nitrogens is 5. The smallest absolute Gasteiger partial charge is 0.223 e. The normalized spacial score (nSPS) is 14.3. The molecule has 0 saturated carbocycles. The quantitative estimate of drug-likeness (QED) is 0.554. The Morgan fingerprint density at radius 3 is 2.70 bits per heavy atom. The molecule has 152 valence electrons. The number of nitrogens with zero attached hydrogens (tertiary/aromatic N) is 5. The Balaban J connectivity index is 1.26. The van der Waals surface area contributed by atoms with Gasteiger partial charge in [0.15, 0.2) is 0 Å². The van der Waals surface area contributed by atoms with E-state index in [9.17, 15) is 4.79 Å². The molecule has 0 bridgehead atoms. The van der Waals surface area contributed by atoms with Crippen LogP contribution < -0.4 is 0 Å². The predicted molar refractivity (Wildman–Crippen MR) is 112 cm³/mol. The Kier molecular flexibility index (Phi) is 4.98. The van der Waals surface area contributed by atoms with Gasteiger partial charge >= 0.3 is 0 Å². The number of nitrogens with one attached hydrogen (secondary N) is 1. The highest BCUT2D eigenvalue weighted by Gasteiger charge is 2.16. The number of para-hydroxylation sites is 1. The summed E-state index contributed by atoms with van der Waals surface area (Å²) in [5.74, 6) is 0.189. The van der Waals surface area contributed by atoms with Crippen LogP contribution in [0.5, 0.6) is 0 Å². The van der Waals surface area contributed by atoms with Crippen molar-refractivity contribution < 1.29 is 9.53 Å². The fourth-order valence-electron chi connectivity index (χ4n) is 3.69. The van der Waals surface area contributed by atoms with Crippen LogP contribution in [-0.4, -0.2) is 62.3 Å². The van der Waals surface area contributed by atoms with E-state index in [0.717, 1.165) is 34.3 Å². The minimum absolute atomic E-state index is 0.189. The summed E-state index contributed by atoms with van der Waals surface area (Å²) in [6.07, 6.45) is 3.11. The van der Waals surface area contributed by atoms with Crippen LogP contribution in [-0.2, 0) is 16.0 Å². The lowest BCUT2D eigenvalue weighted by Crippen LogP contribution is -2.40. The Morgan fingerprint density at radius 1 is 1.07 bits per heavy atom. The molecule has 8 nitrogen and oxygen atoms in total. The maximum absolute atomic E-state index is 12.3. The highest BCUT2D eigenvalue weighted by atomic mass is 16.5. The van der Waals surface area contributed by atoms with Crippen molar-refractivity contribution in [3.63, 3.8) is 0 Å². The van der Waals surface area contributed by atoms with E-state index in [2.05, 4.69) is 20.5 Å². The average molecular weight is 402 g/mol. The van der Waals surface area contributed by atoms with Crippen molar-refractivity contribution >= 4 is 16.8 Å². The predicted octanol–water partition coefficient (Wildman–Crippen LogP) is 2.60. The van der Waals surface area contributed by atoms with E-state index in [1.54, 1.807) is 4.68 Å². The molecule has 1 fully saturated rings. The summed E-state index contributed by atoms with van der Waals surface area (Å²) in [7, 11) is 0. The molecule has 1 N–H and O–H groups in total. The van der Waals surface area contributed by atoms with Crippen LogP contribution in [0.2, 0.25) is 0 Å². The van der Waals surface area contributed by atoms with Crippen LogP contribution in [0.3, 0.4) is 0 Å². The molecular formula is C22H22N6O2. The maximum Gasteiger partial charge on any atom is 0.223 e. The molecule has 2 aromatic carbocycles. The lowest BCUT2D eigenvalue weighted by atomic mass is 10.1. The lowest BCUT2D eigenvalue weighted by Gasteiger charge is -2.26. The van der Waals surface area contributed by atoms with Gasteiger partial charge < -0.3 is 9.64 Å². The number of benzene rings is 2. The van der Waals surface area contributed by atoms with Gasteiger partial charge in [-0.15, -0.1) is 5.10 Å². The first-order valence-electron chi connectivity index (χ1n) is 10.1. The Bertz CT molecular complexity index is 1160. The van der Waals surface area contributed by atoms with E-state index in [1.807, 2.05) is 59.6 Å². The van der Waals surface area contributed by atoms with E-state index in [4.69, 9.17) is 4.74 Å². The number of ether oxygens (including phenoxy) is 1. The molecule has 0 unspecified atom stereocenters. The van der Waals surface area contributed by atoms with Crippen molar-refractivity contribution in [2.24, 2.45) is 0 Å². The number of rotatable bonds is 5. The first-order chi connectivity index (χ1) is 14.8. The number of aryl methyl sites for hydroxylation is 1. The molecule has 4 aromatic rings. The Labute approximate surface area is 173 Å². The highest BCUT2D eigenvalue weighted by Crippen LogP contribution is 2.24. The van der Waals surface area contributed by atoms with Crippen molar-refractivity contribution in [2.75, 3.05) is 26.3 Å². The summed E-state index contributed by atoms with van der Waals surface area (Å²) in [6.45, 7) is 2.65. The van der Waals surface area contributed by atoms with E-state index in [0.29, 0.717) is 38.4 Å². The summed E-state index contributed by atoms with van der Waals surface area (Å²) < 4.78 is 7.04. The van der Waals surface area contributed by atoms with Gasteiger partial charge in [-0.25, -0.2) is 4.68 Å². The molecule has 8 heteroatoms. The zero-order valence-corrected chi connectivity index (χ0v) is 16.5. The number of hydrogen-bond donors (Lipinski definition) is 1. The fourth-order valence-corrected chi connectivity index (χ4v) is 3.69. The van der Waals surface area contributed by atoms with Crippen LogP contribution in [0.4, 0.5) is 0 Å². The van der Waals surface area contributed by atoms with Crippen LogP contribution >= 0.6 is 0 Å². The summed E-state index contributed by atoms with van der Waals surface area (Å²) in [5.41, 5.74) is 4.51. The van der Waals surface area contributed by atoms with Gasteiger partial charge in [-0.2, -0.15) is 5.10 Å². The van der Waals surface area contributed by atoms with Crippen molar-refractivity contribution in [3.8, 4) is 17.1 Å². The molecular weight excluding hydrogens is 380 g/mol. The molecule has 0 radical (unpaired) electrons. The summed E-state index contributed by atoms with van der Waals surface area (Å²) in [4.78, 5) is 14.2. The molecule has 3 heterocycles. The van der Waals surface area contributed by atoms with Crippen LogP contribution in [0.25, 0.3) is 28.0 Å². The topological polar surface area (TPSA) is 88.9 Å². The molecule has 1 aliphatic rings. The van der Waals surface area contributed by atoms with E-state index in [-0.39, 0.29) is 5.91 Å². The zero-order valence-electron chi connectivity index (χ0n) is 16.5. The van der Waals surface area contributed by atoms with Crippen molar-refractivity contribution in [1.29, 1.82) is 0 Å². The third-order valence-corrected chi connectivity index (χ3v) is 5.40. The minimum atomic E-state index is 0.189. The van der Waals surface area contributed by atoms with Gasteiger partial charge in [0.05, 0.1) is 30.6 Å². The fraction of sp³-hybridized carbons (Fsp3) is 0.273. The van der Waals surface area contributed by atoms with Gasteiger partial charge in [0, 0.05) is 24.9 Å². The Morgan fingerprint density at radius 2 is 1.87 bits per heavy atom. The molecule has 2 aromatic heterocycles. The zero-order chi connectivity index (χ0) is 20.3. The summed E-state index contributed by atoms with van der Waals surface area (Å²) in [6, 6.07) is 16.0.